The molecule has 0 spiro atoms. The first-order valence-corrected chi connectivity index (χ1v) is 7.78. The molecule has 25 heavy (non-hydrogen) atoms. The Kier molecular flexibility index (Phi) is 5.83. The zero-order valence-corrected chi connectivity index (χ0v) is 14.0. The van der Waals surface area contributed by atoms with E-state index in [1.54, 1.807) is 31.3 Å². The van der Waals surface area contributed by atoms with E-state index in [-0.39, 0.29) is 25.5 Å². The molecule has 1 amide bonds. The van der Waals surface area contributed by atoms with Crippen LogP contribution >= 0.6 is 0 Å². The van der Waals surface area contributed by atoms with Gasteiger partial charge in [-0.1, -0.05) is 6.07 Å². The van der Waals surface area contributed by atoms with Crippen molar-refractivity contribution >= 4 is 11.6 Å². The van der Waals surface area contributed by atoms with Gasteiger partial charge < -0.3 is 4.90 Å². The van der Waals surface area contributed by atoms with Crippen LogP contribution < -0.4 is 5.69 Å². The zero-order chi connectivity index (χ0) is 18.6. The maximum Gasteiger partial charge on any atom is 0.401 e. The molecule has 7 nitrogen and oxygen atoms in total. The largest absolute Gasteiger partial charge is 0.401 e. The van der Waals surface area contributed by atoms with Gasteiger partial charge >= 0.3 is 11.9 Å². The standard InChI is InChI=1S/C15H20F3N5O2/c1-3-21(9-8-20(2)11-15(16,17)18)13(24)10-23-14(25)22-7-5-4-6-12(22)19-23/h4-7H,3,8-11H2,1-2H3. The van der Waals surface area contributed by atoms with Gasteiger partial charge in [0, 0.05) is 25.8 Å². The Labute approximate surface area is 142 Å². The third-order valence-corrected chi connectivity index (χ3v) is 3.71. The molecule has 0 bridgehead atoms. The third kappa shape index (κ3) is 5.05. The van der Waals surface area contributed by atoms with E-state index >= 15 is 0 Å². The number of carbonyl (C=O) groups is 1. The summed E-state index contributed by atoms with van der Waals surface area (Å²) in [7, 11) is 1.35. The molecule has 0 atom stereocenters. The highest BCUT2D eigenvalue weighted by Crippen LogP contribution is 2.15. The molecule has 2 aromatic rings. The Morgan fingerprint density at radius 2 is 2.00 bits per heavy atom. The molecule has 0 aliphatic rings. The average molecular weight is 359 g/mol. The van der Waals surface area contributed by atoms with Crippen LogP contribution in [-0.4, -0.2) is 69.3 Å². The number of alkyl halides is 3. The van der Waals surface area contributed by atoms with Crippen LogP contribution in [0.3, 0.4) is 0 Å². The van der Waals surface area contributed by atoms with Crippen LogP contribution in [0.4, 0.5) is 13.2 Å². The Balaban J connectivity index is 1.99. The van der Waals surface area contributed by atoms with E-state index in [9.17, 15) is 22.8 Å². The Morgan fingerprint density at radius 1 is 1.28 bits per heavy atom. The summed E-state index contributed by atoms with van der Waals surface area (Å²) in [4.78, 5) is 27.0. The second kappa shape index (κ2) is 7.68. The van der Waals surface area contributed by atoms with Crippen LogP contribution in [-0.2, 0) is 11.3 Å². The topological polar surface area (TPSA) is 62.9 Å². The van der Waals surface area contributed by atoms with E-state index in [0.29, 0.717) is 12.2 Å². The van der Waals surface area contributed by atoms with Crippen LogP contribution in [0.2, 0.25) is 0 Å². The number of hydrogen-bond donors (Lipinski definition) is 0. The van der Waals surface area contributed by atoms with Gasteiger partial charge in [-0.15, -0.1) is 5.10 Å². The van der Waals surface area contributed by atoms with Crippen molar-refractivity contribution < 1.29 is 18.0 Å². The lowest BCUT2D eigenvalue weighted by atomic mass is 10.4. The number of amides is 1. The maximum absolute atomic E-state index is 12.3. The van der Waals surface area contributed by atoms with Gasteiger partial charge in [-0.05, 0) is 26.1 Å². The Hall–Kier alpha value is -2.36. The molecule has 0 saturated carbocycles. The van der Waals surface area contributed by atoms with Gasteiger partial charge in [0.05, 0.1) is 6.54 Å². The molecule has 0 aliphatic carbocycles. The van der Waals surface area contributed by atoms with Crippen molar-refractivity contribution in [2.24, 2.45) is 0 Å². The van der Waals surface area contributed by atoms with Crippen molar-refractivity contribution in [2.45, 2.75) is 19.6 Å². The lowest BCUT2D eigenvalue weighted by Crippen LogP contribution is -2.42. The first-order chi connectivity index (χ1) is 11.7. The molecule has 0 N–H and O–H groups in total. The number of fused-ring (bicyclic) bond motifs is 1. The molecule has 0 aliphatic heterocycles. The van der Waals surface area contributed by atoms with E-state index in [0.717, 1.165) is 9.58 Å². The number of carbonyl (C=O) groups excluding carboxylic acids is 1. The number of halogens is 3. The molecular formula is C15H20F3N5O2. The molecule has 0 fully saturated rings. The first-order valence-electron chi connectivity index (χ1n) is 7.78. The fourth-order valence-corrected chi connectivity index (χ4v) is 2.43. The van der Waals surface area contributed by atoms with Crippen molar-refractivity contribution in [2.75, 3.05) is 33.2 Å². The minimum absolute atomic E-state index is 0.0825. The fourth-order valence-electron chi connectivity index (χ4n) is 2.43. The number of nitrogens with zero attached hydrogens (tertiary/aromatic N) is 5. The fraction of sp³-hybridized carbons (Fsp3) is 0.533. The molecule has 0 radical (unpaired) electrons. The third-order valence-electron chi connectivity index (χ3n) is 3.71. The summed E-state index contributed by atoms with van der Waals surface area (Å²) >= 11 is 0. The predicted octanol–water partition coefficient (Wildman–Crippen LogP) is 0.839. The smallest absolute Gasteiger partial charge is 0.340 e. The van der Waals surface area contributed by atoms with Crippen LogP contribution in [0.1, 0.15) is 6.92 Å². The second-order valence-electron chi connectivity index (χ2n) is 5.70. The zero-order valence-electron chi connectivity index (χ0n) is 14.0. The summed E-state index contributed by atoms with van der Waals surface area (Å²) in [5.74, 6) is -0.367. The Bertz CT molecular complexity index is 783. The van der Waals surface area contributed by atoms with E-state index in [1.165, 1.54) is 16.3 Å². The van der Waals surface area contributed by atoms with Gasteiger partial charge in [0.2, 0.25) is 5.91 Å². The summed E-state index contributed by atoms with van der Waals surface area (Å²) in [5.41, 5.74) is -0.0116. The summed E-state index contributed by atoms with van der Waals surface area (Å²) in [6.45, 7) is 1.00. The maximum atomic E-state index is 12.3. The number of rotatable bonds is 7. The first kappa shape index (κ1) is 19.0. The molecule has 10 heteroatoms. The van der Waals surface area contributed by atoms with Crippen LogP contribution in [0, 0.1) is 0 Å². The normalized spacial score (nSPS) is 12.1. The summed E-state index contributed by atoms with van der Waals surface area (Å²) in [6, 6.07) is 5.05. The molecule has 0 aromatic carbocycles. The minimum atomic E-state index is -4.28. The molecule has 138 valence electrons. The van der Waals surface area contributed by atoms with E-state index in [4.69, 9.17) is 0 Å². The van der Waals surface area contributed by atoms with Gasteiger partial charge in [-0.2, -0.15) is 13.2 Å². The summed E-state index contributed by atoms with van der Waals surface area (Å²) < 4.78 is 39.4. The van der Waals surface area contributed by atoms with Crippen LogP contribution in [0.5, 0.6) is 0 Å². The average Bonchev–Trinajstić information content (AvgIpc) is 2.83. The second-order valence-corrected chi connectivity index (χ2v) is 5.70. The number of hydrogen-bond acceptors (Lipinski definition) is 4. The SMILES string of the molecule is CCN(CCN(C)CC(F)(F)F)C(=O)Cn1nc2ccccn2c1=O. The molecule has 0 saturated heterocycles. The highest BCUT2D eigenvalue weighted by molar-refractivity contribution is 5.75. The van der Waals surface area contributed by atoms with E-state index < -0.39 is 18.4 Å². The monoisotopic (exact) mass is 359 g/mol. The molecular weight excluding hydrogens is 339 g/mol. The van der Waals surface area contributed by atoms with Gasteiger partial charge in [0.25, 0.3) is 0 Å². The summed E-state index contributed by atoms with van der Waals surface area (Å²) in [5, 5.41) is 4.07. The van der Waals surface area contributed by atoms with Gasteiger partial charge in [0.15, 0.2) is 5.65 Å². The lowest BCUT2D eigenvalue weighted by Gasteiger charge is -2.25. The number of pyridine rings is 1. The van der Waals surface area contributed by atoms with Crippen molar-refractivity contribution in [3.63, 3.8) is 0 Å². The summed E-state index contributed by atoms with van der Waals surface area (Å²) in [6.07, 6.45) is -2.73. The van der Waals surface area contributed by atoms with Crippen molar-refractivity contribution in [3.05, 3.63) is 34.9 Å². The van der Waals surface area contributed by atoms with Crippen molar-refractivity contribution in [1.29, 1.82) is 0 Å². The van der Waals surface area contributed by atoms with Gasteiger partial charge in [-0.3, -0.25) is 14.1 Å². The van der Waals surface area contributed by atoms with Crippen molar-refractivity contribution in [3.8, 4) is 0 Å². The molecule has 2 aromatic heterocycles. The quantitative estimate of drug-likeness (QED) is 0.735. The Morgan fingerprint density at radius 3 is 2.60 bits per heavy atom. The highest BCUT2D eigenvalue weighted by atomic mass is 19.4. The minimum Gasteiger partial charge on any atom is -0.340 e. The number of aromatic nitrogens is 3. The molecule has 0 unspecified atom stereocenters. The van der Waals surface area contributed by atoms with E-state index in [1.807, 2.05) is 0 Å². The van der Waals surface area contributed by atoms with Crippen LogP contribution in [0.15, 0.2) is 29.2 Å². The van der Waals surface area contributed by atoms with Crippen molar-refractivity contribution in [1.82, 2.24) is 24.0 Å². The van der Waals surface area contributed by atoms with Gasteiger partial charge in [0.1, 0.15) is 6.54 Å². The van der Waals surface area contributed by atoms with E-state index in [2.05, 4.69) is 5.10 Å². The predicted molar refractivity (Wildman–Crippen MR) is 85.3 cm³/mol. The molecule has 2 rings (SSSR count). The highest BCUT2D eigenvalue weighted by Gasteiger charge is 2.29. The molecule has 2 heterocycles. The van der Waals surface area contributed by atoms with Gasteiger partial charge in [-0.25, -0.2) is 9.48 Å². The lowest BCUT2D eigenvalue weighted by molar-refractivity contribution is -0.144. The van der Waals surface area contributed by atoms with Crippen LogP contribution in [0.25, 0.3) is 5.65 Å². The number of likely N-dealkylation sites (N-methyl/N-ethyl adjacent to an activating group) is 2.